The smallest absolute Gasteiger partial charge is 0.131 e. The van der Waals surface area contributed by atoms with Crippen molar-refractivity contribution in [3.63, 3.8) is 0 Å². The highest BCUT2D eigenvalue weighted by Crippen LogP contribution is 2.68. The van der Waals surface area contributed by atoms with E-state index in [2.05, 4.69) is 25.7 Å². The summed E-state index contributed by atoms with van der Waals surface area (Å²) in [4.78, 5) is 0. The van der Waals surface area contributed by atoms with E-state index < -0.39 is 5.60 Å². The van der Waals surface area contributed by atoms with E-state index in [9.17, 15) is 5.11 Å². The lowest BCUT2D eigenvalue weighted by Gasteiger charge is -2.60. The number of fused-ring (bicyclic) bond motifs is 5. The molecule has 0 bridgehead atoms. The Morgan fingerprint density at radius 2 is 1.64 bits per heavy atom. The van der Waals surface area contributed by atoms with Gasteiger partial charge in [-0.3, -0.25) is 0 Å². The molecule has 4 aliphatic carbocycles. The van der Waals surface area contributed by atoms with Gasteiger partial charge < -0.3 is 5.11 Å². The molecule has 1 heteroatoms. The van der Waals surface area contributed by atoms with Crippen LogP contribution < -0.4 is 0 Å². The number of hydrogen-bond acceptors (Lipinski definition) is 1. The van der Waals surface area contributed by atoms with Crippen molar-refractivity contribution in [1.82, 2.24) is 0 Å². The normalized spacial score (nSPS) is 47.2. The minimum Gasteiger partial charge on any atom is -0.377 e. The van der Waals surface area contributed by atoms with Crippen LogP contribution in [0.15, 0.2) is 30.3 Å². The van der Waals surface area contributed by atoms with Crippen LogP contribution in [0.1, 0.15) is 83.6 Å². The van der Waals surface area contributed by atoms with Gasteiger partial charge in [0.15, 0.2) is 0 Å². The second kappa shape index (κ2) is 6.63. The predicted octanol–water partition coefficient (Wildman–Crippen LogP) is 6.20. The van der Waals surface area contributed by atoms with Crippen molar-refractivity contribution < 1.29 is 5.11 Å². The lowest BCUT2D eigenvalue weighted by molar-refractivity contribution is -0.134. The molecule has 0 heterocycles. The molecule has 0 radical (unpaired) electrons. The van der Waals surface area contributed by atoms with E-state index in [1.807, 2.05) is 30.3 Å². The van der Waals surface area contributed by atoms with Crippen molar-refractivity contribution in [1.29, 1.82) is 0 Å². The molecule has 5 rings (SSSR count). The second-order valence-electron chi connectivity index (χ2n) is 10.9. The summed E-state index contributed by atoms with van der Waals surface area (Å²) in [5, 5.41) is 11.7. The van der Waals surface area contributed by atoms with Gasteiger partial charge in [0.1, 0.15) is 5.60 Å². The second-order valence-corrected chi connectivity index (χ2v) is 10.9. The number of rotatable bonds is 0. The maximum absolute atomic E-state index is 11.7. The number of benzene rings is 1. The number of aliphatic hydroxyl groups is 1. The fourth-order valence-electron chi connectivity index (χ4n) is 8.21. The van der Waals surface area contributed by atoms with Crippen molar-refractivity contribution in [3.8, 4) is 11.8 Å². The highest BCUT2D eigenvalue weighted by molar-refractivity contribution is 5.38. The summed E-state index contributed by atoms with van der Waals surface area (Å²) in [7, 11) is 0. The minimum absolute atomic E-state index is 0.0339. The topological polar surface area (TPSA) is 20.2 Å². The summed E-state index contributed by atoms with van der Waals surface area (Å²) in [6, 6.07) is 10.2. The molecule has 7 atom stereocenters. The zero-order valence-corrected chi connectivity index (χ0v) is 17.7. The summed E-state index contributed by atoms with van der Waals surface area (Å²) >= 11 is 0. The van der Waals surface area contributed by atoms with Crippen LogP contribution in [0.25, 0.3) is 0 Å². The maximum atomic E-state index is 11.7. The molecule has 0 spiro atoms. The molecule has 0 saturated heterocycles. The van der Waals surface area contributed by atoms with Crippen molar-refractivity contribution >= 4 is 0 Å². The van der Waals surface area contributed by atoms with Crippen molar-refractivity contribution in [2.45, 2.75) is 83.7 Å². The third-order valence-electron chi connectivity index (χ3n) is 9.92. The van der Waals surface area contributed by atoms with Crippen LogP contribution in [0.4, 0.5) is 0 Å². The van der Waals surface area contributed by atoms with E-state index in [1.165, 1.54) is 51.4 Å². The molecule has 4 aliphatic rings. The van der Waals surface area contributed by atoms with Crippen LogP contribution in [0.5, 0.6) is 0 Å². The molecule has 28 heavy (non-hydrogen) atoms. The Bertz CT molecular complexity index is 787. The van der Waals surface area contributed by atoms with Gasteiger partial charge in [0.25, 0.3) is 0 Å². The van der Waals surface area contributed by atoms with Crippen molar-refractivity contribution in [3.05, 3.63) is 35.9 Å². The Labute approximate surface area is 171 Å². The first-order chi connectivity index (χ1) is 13.5. The molecule has 0 amide bonds. The van der Waals surface area contributed by atoms with E-state index in [0.29, 0.717) is 11.3 Å². The lowest BCUT2D eigenvalue weighted by Crippen LogP contribution is -2.55. The average molecular weight is 377 g/mol. The van der Waals surface area contributed by atoms with Crippen molar-refractivity contribution in [2.24, 2.45) is 34.5 Å². The standard InChI is InChI=1S/C27H36O/c1-25-16-7-6-10-21(25)11-12-22-23(25)14-17-26(2)24(22)15-19-27(26,28)18-13-20-8-4-3-5-9-20/h3-5,8-9,21-24,28H,6-7,10-12,14-17,19H2,1-2H3/t21-,22-,23+,24+,25-,26-,27-/m0/s1. The van der Waals surface area contributed by atoms with Crippen LogP contribution in [-0.2, 0) is 0 Å². The third kappa shape index (κ3) is 2.64. The molecule has 4 saturated carbocycles. The van der Waals surface area contributed by atoms with Gasteiger partial charge in [-0.05, 0) is 92.6 Å². The molecule has 1 nitrogen and oxygen atoms in total. The SMILES string of the molecule is C[C@]12CCCC[C@H]1CC[C@H]1[C@H]2CC[C@@]2(C)[C@@H]1CC[C@@]2(O)C#Cc1ccccc1. The maximum Gasteiger partial charge on any atom is 0.131 e. The molecule has 4 fully saturated rings. The van der Waals surface area contributed by atoms with E-state index in [0.717, 1.165) is 36.2 Å². The summed E-state index contributed by atoms with van der Waals surface area (Å²) in [6.07, 6.45) is 13.1. The molecule has 150 valence electrons. The van der Waals surface area contributed by atoms with E-state index in [-0.39, 0.29) is 5.41 Å². The highest BCUT2D eigenvalue weighted by atomic mass is 16.3. The van der Waals surface area contributed by atoms with E-state index in [1.54, 1.807) is 0 Å². The Hall–Kier alpha value is -1.26. The van der Waals surface area contributed by atoms with Gasteiger partial charge in [-0.1, -0.05) is 56.7 Å². The van der Waals surface area contributed by atoms with Crippen LogP contribution in [0.3, 0.4) is 0 Å². The van der Waals surface area contributed by atoms with Gasteiger partial charge in [0, 0.05) is 11.0 Å². The Morgan fingerprint density at radius 3 is 2.46 bits per heavy atom. The Balaban J connectivity index is 1.43. The quantitative estimate of drug-likeness (QED) is 0.534. The van der Waals surface area contributed by atoms with Gasteiger partial charge in [0.05, 0.1) is 0 Å². The first-order valence-electron chi connectivity index (χ1n) is 11.8. The molecular weight excluding hydrogens is 340 g/mol. The molecule has 0 unspecified atom stereocenters. The zero-order valence-electron chi connectivity index (χ0n) is 17.7. The summed E-state index contributed by atoms with van der Waals surface area (Å²) < 4.78 is 0. The summed E-state index contributed by atoms with van der Waals surface area (Å²) in [6.45, 7) is 5.00. The summed E-state index contributed by atoms with van der Waals surface area (Å²) in [5.74, 6) is 10.0. The number of hydrogen-bond donors (Lipinski definition) is 1. The van der Waals surface area contributed by atoms with Gasteiger partial charge in [-0.2, -0.15) is 0 Å². The van der Waals surface area contributed by atoms with Crippen LogP contribution in [-0.4, -0.2) is 10.7 Å². The van der Waals surface area contributed by atoms with E-state index in [4.69, 9.17) is 0 Å². The lowest BCUT2D eigenvalue weighted by atomic mass is 9.44. The first kappa shape index (κ1) is 18.7. The molecule has 0 aromatic heterocycles. The fraction of sp³-hybridized carbons (Fsp3) is 0.704. The van der Waals surface area contributed by atoms with Gasteiger partial charge >= 0.3 is 0 Å². The highest BCUT2D eigenvalue weighted by Gasteiger charge is 2.64. The molecule has 1 N–H and O–H groups in total. The third-order valence-corrected chi connectivity index (χ3v) is 9.92. The van der Waals surface area contributed by atoms with Gasteiger partial charge in [0.2, 0.25) is 0 Å². The average Bonchev–Trinajstić information content (AvgIpc) is 2.98. The monoisotopic (exact) mass is 376 g/mol. The molecule has 0 aliphatic heterocycles. The Kier molecular flexibility index (Phi) is 4.44. The van der Waals surface area contributed by atoms with Crippen LogP contribution in [0.2, 0.25) is 0 Å². The Morgan fingerprint density at radius 1 is 0.857 bits per heavy atom. The van der Waals surface area contributed by atoms with Crippen molar-refractivity contribution in [2.75, 3.05) is 0 Å². The predicted molar refractivity (Wildman–Crippen MR) is 115 cm³/mol. The largest absolute Gasteiger partial charge is 0.377 e. The van der Waals surface area contributed by atoms with E-state index >= 15 is 0 Å². The van der Waals surface area contributed by atoms with Crippen LogP contribution >= 0.6 is 0 Å². The summed E-state index contributed by atoms with van der Waals surface area (Å²) in [5.41, 5.74) is 0.738. The van der Waals surface area contributed by atoms with Gasteiger partial charge in [-0.25, -0.2) is 0 Å². The zero-order chi connectivity index (χ0) is 19.4. The van der Waals surface area contributed by atoms with Gasteiger partial charge in [-0.15, -0.1) is 0 Å². The minimum atomic E-state index is -0.817. The van der Waals surface area contributed by atoms with Crippen LogP contribution in [0, 0.1) is 46.3 Å². The molecule has 1 aromatic carbocycles. The molecule has 1 aromatic rings. The fourth-order valence-corrected chi connectivity index (χ4v) is 8.21. The first-order valence-corrected chi connectivity index (χ1v) is 11.8. The molecular formula is C27H36O.